The maximum atomic E-state index is 15.7. The molecular weight excluding hydrogens is 373 g/mol. The van der Waals surface area contributed by atoms with Gasteiger partial charge in [0.05, 0.1) is 12.8 Å². The number of ether oxygens (including phenoxy) is 1. The number of piperidine rings is 1. The van der Waals surface area contributed by atoms with Crippen molar-refractivity contribution in [3.8, 4) is 0 Å². The lowest BCUT2D eigenvalue weighted by atomic mass is 9.90. The summed E-state index contributed by atoms with van der Waals surface area (Å²) >= 11 is 5.86. The van der Waals surface area contributed by atoms with E-state index in [4.69, 9.17) is 11.6 Å². The minimum atomic E-state index is -2.71. The molecule has 0 unspecified atom stereocenters. The standard InChI is InChI=1S/C20H15ClFNO4/c1-11-3-5-12(6-4-11)19-15(20(19,22)18(26)27-2)16(24)23(17(19)25)14-9-7-13(21)8-10-14/h3-10,15H,1-2H3/t15-,19-,20-/m0/s1. The first-order valence-corrected chi connectivity index (χ1v) is 8.66. The molecule has 2 amide bonds. The van der Waals surface area contributed by atoms with Gasteiger partial charge in [-0.1, -0.05) is 41.4 Å². The number of hydrogen-bond donors (Lipinski definition) is 0. The normalized spacial score (nSPS) is 28.9. The van der Waals surface area contributed by atoms with Crippen LogP contribution in [0.3, 0.4) is 0 Å². The molecule has 5 nitrogen and oxygen atoms in total. The zero-order valence-corrected chi connectivity index (χ0v) is 15.3. The Bertz CT molecular complexity index is 974. The summed E-state index contributed by atoms with van der Waals surface area (Å²) in [6.45, 7) is 1.84. The van der Waals surface area contributed by atoms with Crippen molar-refractivity contribution in [2.24, 2.45) is 5.92 Å². The van der Waals surface area contributed by atoms with Crippen LogP contribution in [0.4, 0.5) is 10.1 Å². The van der Waals surface area contributed by atoms with E-state index in [1.807, 2.05) is 6.92 Å². The van der Waals surface area contributed by atoms with Crippen molar-refractivity contribution in [1.82, 2.24) is 0 Å². The smallest absolute Gasteiger partial charge is 0.346 e. The molecule has 3 atom stereocenters. The zero-order valence-electron chi connectivity index (χ0n) is 14.5. The fraction of sp³-hybridized carbons (Fsp3) is 0.250. The van der Waals surface area contributed by atoms with E-state index < -0.39 is 34.8 Å². The van der Waals surface area contributed by atoms with Gasteiger partial charge in [0.1, 0.15) is 11.3 Å². The van der Waals surface area contributed by atoms with Crippen LogP contribution >= 0.6 is 11.6 Å². The van der Waals surface area contributed by atoms with E-state index in [9.17, 15) is 14.4 Å². The third-order valence-electron chi connectivity index (χ3n) is 5.40. The first kappa shape index (κ1) is 17.7. The molecule has 2 aromatic rings. The Morgan fingerprint density at radius 3 is 2.26 bits per heavy atom. The lowest BCUT2D eigenvalue weighted by Crippen LogP contribution is -2.46. The number of benzene rings is 2. The first-order valence-electron chi connectivity index (χ1n) is 8.28. The van der Waals surface area contributed by atoms with Crippen LogP contribution in [0.5, 0.6) is 0 Å². The van der Waals surface area contributed by atoms with Gasteiger partial charge in [-0.2, -0.15) is 0 Å². The fourth-order valence-electron chi connectivity index (χ4n) is 4.06. The van der Waals surface area contributed by atoms with E-state index in [1.165, 1.54) is 24.3 Å². The number of esters is 1. The summed E-state index contributed by atoms with van der Waals surface area (Å²) in [6, 6.07) is 12.6. The third kappa shape index (κ3) is 2.02. The number of carbonyl (C=O) groups is 3. The van der Waals surface area contributed by atoms with Crippen molar-refractivity contribution >= 4 is 35.1 Å². The Labute approximate surface area is 159 Å². The lowest BCUT2D eigenvalue weighted by Gasteiger charge is -2.24. The Hall–Kier alpha value is -2.73. The Kier molecular flexibility index (Phi) is 3.69. The van der Waals surface area contributed by atoms with Crippen molar-refractivity contribution in [3.63, 3.8) is 0 Å². The molecule has 7 heteroatoms. The molecular formula is C20H15ClFNO4. The summed E-state index contributed by atoms with van der Waals surface area (Å²) in [4.78, 5) is 39.4. The average molecular weight is 388 g/mol. The van der Waals surface area contributed by atoms with Crippen LogP contribution in [0.1, 0.15) is 11.1 Å². The largest absolute Gasteiger partial charge is 0.467 e. The van der Waals surface area contributed by atoms with E-state index in [0.717, 1.165) is 17.6 Å². The maximum absolute atomic E-state index is 15.7. The highest BCUT2D eigenvalue weighted by atomic mass is 35.5. The van der Waals surface area contributed by atoms with Crippen molar-refractivity contribution in [3.05, 3.63) is 64.7 Å². The van der Waals surface area contributed by atoms with Crippen LogP contribution in [0, 0.1) is 12.8 Å². The Balaban J connectivity index is 1.87. The van der Waals surface area contributed by atoms with Crippen molar-refractivity contribution in [2.75, 3.05) is 12.0 Å². The predicted molar refractivity (Wildman–Crippen MR) is 96.1 cm³/mol. The van der Waals surface area contributed by atoms with Gasteiger partial charge < -0.3 is 4.74 Å². The summed E-state index contributed by atoms with van der Waals surface area (Å²) in [5.74, 6) is -4.22. The molecule has 1 aliphatic heterocycles. The van der Waals surface area contributed by atoms with Crippen molar-refractivity contribution in [2.45, 2.75) is 18.0 Å². The Morgan fingerprint density at radius 1 is 1.11 bits per heavy atom. The summed E-state index contributed by atoms with van der Waals surface area (Å²) in [7, 11) is 1.03. The summed E-state index contributed by atoms with van der Waals surface area (Å²) in [5, 5.41) is 0.436. The monoisotopic (exact) mass is 387 g/mol. The molecule has 0 spiro atoms. The number of hydrogen-bond acceptors (Lipinski definition) is 4. The van der Waals surface area contributed by atoms with E-state index in [2.05, 4.69) is 4.74 Å². The summed E-state index contributed by atoms with van der Waals surface area (Å²) < 4.78 is 20.3. The molecule has 2 aromatic carbocycles. The minimum absolute atomic E-state index is 0.278. The number of imide groups is 1. The van der Waals surface area contributed by atoms with Crippen LogP contribution in [-0.4, -0.2) is 30.6 Å². The Morgan fingerprint density at radius 2 is 1.70 bits per heavy atom. The molecule has 27 heavy (non-hydrogen) atoms. The van der Waals surface area contributed by atoms with Crippen molar-refractivity contribution in [1.29, 1.82) is 0 Å². The zero-order chi connectivity index (χ0) is 19.6. The first-order chi connectivity index (χ1) is 12.8. The molecule has 2 fully saturated rings. The van der Waals surface area contributed by atoms with Crippen LogP contribution in [0.25, 0.3) is 0 Å². The van der Waals surface area contributed by atoms with Gasteiger partial charge in [-0.3, -0.25) is 9.59 Å². The molecule has 0 aromatic heterocycles. The third-order valence-corrected chi connectivity index (χ3v) is 5.66. The number of rotatable bonds is 3. The molecule has 4 rings (SSSR count). The molecule has 1 saturated heterocycles. The van der Waals surface area contributed by atoms with E-state index in [1.54, 1.807) is 24.3 Å². The van der Waals surface area contributed by atoms with Gasteiger partial charge in [-0.15, -0.1) is 0 Å². The average Bonchev–Trinajstić information content (AvgIpc) is 3.15. The van der Waals surface area contributed by atoms with Crippen molar-refractivity contribution < 1.29 is 23.5 Å². The van der Waals surface area contributed by atoms with Gasteiger partial charge in [-0.25, -0.2) is 14.1 Å². The number of fused-ring (bicyclic) bond motifs is 1. The predicted octanol–water partition coefficient (Wildman–Crippen LogP) is 2.97. The number of nitrogens with zero attached hydrogens (tertiary/aromatic N) is 1. The summed E-state index contributed by atoms with van der Waals surface area (Å²) in [5.41, 5.74) is -3.17. The topological polar surface area (TPSA) is 63.7 Å². The highest BCUT2D eigenvalue weighted by Gasteiger charge is 2.94. The van der Waals surface area contributed by atoms with Crippen LogP contribution < -0.4 is 4.90 Å². The lowest BCUT2D eigenvalue weighted by molar-refractivity contribution is -0.152. The number of amides is 2. The molecule has 1 heterocycles. The highest BCUT2D eigenvalue weighted by molar-refractivity contribution is 6.34. The molecule has 0 radical (unpaired) electrons. The SMILES string of the molecule is COC(=O)[C@@]1(F)[C@H]2C(=O)N(c3ccc(Cl)cc3)C(=O)[C@]21c1ccc(C)cc1. The van der Waals surface area contributed by atoms with E-state index in [-0.39, 0.29) is 11.3 Å². The molecule has 2 aliphatic rings. The van der Waals surface area contributed by atoms with Gasteiger partial charge in [0.25, 0.3) is 0 Å². The van der Waals surface area contributed by atoms with Crippen LogP contribution in [0.15, 0.2) is 48.5 Å². The number of anilines is 1. The number of methoxy groups -OCH3 is 1. The second-order valence-electron chi connectivity index (χ2n) is 6.77. The quantitative estimate of drug-likeness (QED) is 0.600. The van der Waals surface area contributed by atoms with Crippen LogP contribution in [-0.2, 0) is 24.5 Å². The molecule has 0 N–H and O–H groups in total. The maximum Gasteiger partial charge on any atom is 0.346 e. The second kappa shape index (κ2) is 5.63. The molecule has 1 saturated carbocycles. The van der Waals surface area contributed by atoms with Gasteiger partial charge >= 0.3 is 5.97 Å². The van der Waals surface area contributed by atoms with Gasteiger partial charge in [-0.05, 0) is 36.8 Å². The van der Waals surface area contributed by atoms with Crippen LogP contribution in [0.2, 0.25) is 5.02 Å². The van der Waals surface area contributed by atoms with Gasteiger partial charge in [0, 0.05) is 5.02 Å². The number of aryl methyl sites for hydroxylation is 1. The van der Waals surface area contributed by atoms with E-state index >= 15 is 4.39 Å². The highest BCUT2D eigenvalue weighted by Crippen LogP contribution is 2.71. The molecule has 138 valence electrons. The summed E-state index contributed by atoms with van der Waals surface area (Å²) in [6.07, 6.45) is 0. The number of carbonyl (C=O) groups excluding carboxylic acids is 3. The fourth-order valence-corrected chi connectivity index (χ4v) is 4.18. The minimum Gasteiger partial charge on any atom is -0.467 e. The van der Waals surface area contributed by atoms with Gasteiger partial charge in [0.2, 0.25) is 17.5 Å². The van der Waals surface area contributed by atoms with Gasteiger partial charge in [0.15, 0.2) is 0 Å². The number of halogens is 2. The molecule has 0 bridgehead atoms. The second-order valence-corrected chi connectivity index (χ2v) is 7.20. The van der Waals surface area contributed by atoms with E-state index in [0.29, 0.717) is 5.02 Å². The molecule has 1 aliphatic carbocycles. The number of alkyl halides is 1.